The first-order chi connectivity index (χ1) is 9.27. The van der Waals surface area contributed by atoms with E-state index in [0.29, 0.717) is 6.61 Å². The highest BCUT2D eigenvalue weighted by Gasteiger charge is 2.16. The Labute approximate surface area is 112 Å². The molecule has 0 saturated heterocycles. The van der Waals surface area contributed by atoms with Crippen LogP contribution in [0.2, 0.25) is 0 Å². The summed E-state index contributed by atoms with van der Waals surface area (Å²) in [5.41, 5.74) is 2.01. The number of nitrogens with one attached hydrogen (secondary N) is 1. The number of rotatable bonds is 6. The summed E-state index contributed by atoms with van der Waals surface area (Å²) in [5, 5.41) is 15.3. The lowest BCUT2D eigenvalue weighted by atomic mass is 10.2. The number of para-hydroxylation sites is 1. The van der Waals surface area contributed by atoms with Gasteiger partial charge in [-0.2, -0.15) is 4.68 Å². The van der Waals surface area contributed by atoms with Gasteiger partial charge in [-0.05, 0) is 30.0 Å². The molecular formula is C13H19N5O. The Morgan fingerprint density at radius 1 is 1.37 bits per heavy atom. The van der Waals surface area contributed by atoms with Crippen LogP contribution in [0.4, 0.5) is 0 Å². The Kier molecular flexibility index (Phi) is 4.59. The van der Waals surface area contributed by atoms with Gasteiger partial charge < -0.3 is 10.1 Å². The van der Waals surface area contributed by atoms with Crippen molar-refractivity contribution >= 4 is 0 Å². The molecule has 1 aromatic carbocycles. The number of hydrogen-bond donors (Lipinski definition) is 1. The first-order valence-corrected chi connectivity index (χ1v) is 6.36. The van der Waals surface area contributed by atoms with E-state index in [1.165, 1.54) is 0 Å². The first-order valence-electron chi connectivity index (χ1n) is 6.36. The van der Waals surface area contributed by atoms with Crippen LogP contribution >= 0.6 is 0 Å². The zero-order chi connectivity index (χ0) is 13.7. The maximum atomic E-state index is 5.22. The van der Waals surface area contributed by atoms with E-state index in [0.717, 1.165) is 23.6 Å². The van der Waals surface area contributed by atoms with Gasteiger partial charge in [-0.15, -0.1) is 5.10 Å². The summed E-state index contributed by atoms with van der Waals surface area (Å²) < 4.78 is 6.98. The molecule has 19 heavy (non-hydrogen) atoms. The topological polar surface area (TPSA) is 64.9 Å². The molecule has 0 aliphatic carbocycles. The summed E-state index contributed by atoms with van der Waals surface area (Å²) in [6.45, 7) is 5.51. The summed E-state index contributed by atoms with van der Waals surface area (Å²) in [6, 6.07) is 8.05. The third-order valence-corrected chi connectivity index (χ3v) is 2.91. The number of aromatic nitrogens is 4. The Bertz CT molecular complexity index is 525. The molecule has 0 aliphatic heterocycles. The molecule has 102 valence electrons. The molecule has 2 rings (SSSR count). The van der Waals surface area contributed by atoms with Crippen LogP contribution in [-0.2, 0) is 11.3 Å². The van der Waals surface area contributed by atoms with Crippen molar-refractivity contribution in [1.29, 1.82) is 0 Å². The lowest BCUT2D eigenvalue weighted by Crippen LogP contribution is -2.22. The predicted molar refractivity (Wildman–Crippen MR) is 72.0 cm³/mol. The van der Waals surface area contributed by atoms with Crippen molar-refractivity contribution < 1.29 is 4.74 Å². The van der Waals surface area contributed by atoms with Crippen molar-refractivity contribution in [2.24, 2.45) is 0 Å². The smallest absolute Gasteiger partial charge is 0.173 e. The number of nitrogens with zero attached hydrogens (tertiary/aromatic N) is 4. The molecule has 6 nitrogen and oxygen atoms in total. The SMILES string of the molecule is CCNC(C)c1nnnn1-c1ccccc1COC. The number of ether oxygens (including phenoxy) is 1. The quantitative estimate of drug-likeness (QED) is 0.853. The standard InChI is InChI=1S/C13H19N5O/c1-4-14-10(2)13-15-16-17-18(13)12-8-6-5-7-11(12)9-19-3/h5-8,10,14H,4,9H2,1-3H3. The third-order valence-electron chi connectivity index (χ3n) is 2.91. The Morgan fingerprint density at radius 2 is 2.16 bits per heavy atom. The first kappa shape index (κ1) is 13.6. The second-order valence-electron chi connectivity index (χ2n) is 4.29. The number of benzene rings is 1. The monoisotopic (exact) mass is 261 g/mol. The van der Waals surface area contributed by atoms with Gasteiger partial charge in [0, 0.05) is 12.7 Å². The lowest BCUT2D eigenvalue weighted by Gasteiger charge is -2.14. The fourth-order valence-corrected chi connectivity index (χ4v) is 2.03. The second kappa shape index (κ2) is 6.40. The zero-order valence-electron chi connectivity index (χ0n) is 11.5. The third kappa shape index (κ3) is 2.97. The van der Waals surface area contributed by atoms with E-state index in [1.54, 1.807) is 11.8 Å². The summed E-state index contributed by atoms with van der Waals surface area (Å²) in [7, 11) is 1.68. The van der Waals surface area contributed by atoms with Crippen LogP contribution in [0, 0.1) is 0 Å². The van der Waals surface area contributed by atoms with Gasteiger partial charge in [0.2, 0.25) is 0 Å². The summed E-state index contributed by atoms with van der Waals surface area (Å²) in [6.07, 6.45) is 0. The molecule has 0 fully saturated rings. The normalized spacial score (nSPS) is 12.6. The minimum Gasteiger partial charge on any atom is -0.380 e. The van der Waals surface area contributed by atoms with Gasteiger partial charge in [-0.25, -0.2) is 0 Å². The van der Waals surface area contributed by atoms with E-state index in [9.17, 15) is 0 Å². The lowest BCUT2D eigenvalue weighted by molar-refractivity contribution is 0.184. The molecule has 0 bridgehead atoms. The molecule has 1 N–H and O–H groups in total. The van der Waals surface area contributed by atoms with Gasteiger partial charge in [-0.1, -0.05) is 25.1 Å². The molecule has 0 spiro atoms. The fourth-order valence-electron chi connectivity index (χ4n) is 2.03. The molecular weight excluding hydrogens is 242 g/mol. The molecule has 1 aromatic heterocycles. The van der Waals surface area contributed by atoms with Crippen molar-refractivity contribution in [3.05, 3.63) is 35.7 Å². The van der Waals surface area contributed by atoms with Crippen LogP contribution in [0.15, 0.2) is 24.3 Å². The van der Waals surface area contributed by atoms with Gasteiger partial charge in [0.25, 0.3) is 0 Å². The second-order valence-corrected chi connectivity index (χ2v) is 4.29. The molecule has 0 amide bonds. The average Bonchev–Trinajstić information content (AvgIpc) is 2.89. The minimum absolute atomic E-state index is 0.0931. The molecule has 1 unspecified atom stereocenters. The van der Waals surface area contributed by atoms with Crippen molar-refractivity contribution in [2.45, 2.75) is 26.5 Å². The Hall–Kier alpha value is -1.79. The van der Waals surface area contributed by atoms with Crippen molar-refractivity contribution in [1.82, 2.24) is 25.5 Å². The summed E-state index contributed by atoms with van der Waals surface area (Å²) in [4.78, 5) is 0. The number of methoxy groups -OCH3 is 1. The van der Waals surface area contributed by atoms with Crippen LogP contribution < -0.4 is 5.32 Å². The van der Waals surface area contributed by atoms with Gasteiger partial charge in [-0.3, -0.25) is 0 Å². The largest absolute Gasteiger partial charge is 0.380 e. The molecule has 0 saturated carbocycles. The molecule has 6 heteroatoms. The number of tetrazole rings is 1. The molecule has 0 aliphatic rings. The van der Waals surface area contributed by atoms with Gasteiger partial charge in [0.1, 0.15) is 0 Å². The average molecular weight is 261 g/mol. The maximum absolute atomic E-state index is 5.22. The maximum Gasteiger partial charge on any atom is 0.173 e. The molecule has 0 radical (unpaired) electrons. The van der Waals surface area contributed by atoms with Crippen LogP contribution in [-0.4, -0.2) is 33.9 Å². The van der Waals surface area contributed by atoms with Crippen LogP contribution in [0.1, 0.15) is 31.3 Å². The molecule has 1 atom stereocenters. The van der Waals surface area contributed by atoms with E-state index in [2.05, 4.69) is 27.8 Å². The van der Waals surface area contributed by atoms with E-state index in [-0.39, 0.29) is 6.04 Å². The van der Waals surface area contributed by atoms with Gasteiger partial charge in [0.05, 0.1) is 18.3 Å². The summed E-state index contributed by atoms with van der Waals surface area (Å²) >= 11 is 0. The highest BCUT2D eigenvalue weighted by molar-refractivity contribution is 5.40. The Morgan fingerprint density at radius 3 is 2.89 bits per heavy atom. The fraction of sp³-hybridized carbons (Fsp3) is 0.462. The Balaban J connectivity index is 2.39. The summed E-state index contributed by atoms with van der Waals surface area (Å²) in [5.74, 6) is 0.797. The molecule has 2 aromatic rings. The van der Waals surface area contributed by atoms with E-state index >= 15 is 0 Å². The van der Waals surface area contributed by atoms with Crippen molar-refractivity contribution in [3.8, 4) is 5.69 Å². The van der Waals surface area contributed by atoms with Gasteiger partial charge in [0.15, 0.2) is 5.82 Å². The highest BCUT2D eigenvalue weighted by Crippen LogP contribution is 2.18. The van der Waals surface area contributed by atoms with Crippen LogP contribution in [0.25, 0.3) is 5.69 Å². The van der Waals surface area contributed by atoms with Crippen molar-refractivity contribution in [3.63, 3.8) is 0 Å². The van der Waals surface area contributed by atoms with Gasteiger partial charge >= 0.3 is 0 Å². The van der Waals surface area contributed by atoms with E-state index < -0.39 is 0 Å². The van der Waals surface area contributed by atoms with Crippen LogP contribution in [0.3, 0.4) is 0 Å². The predicted octanol–water partition coefficient (Wildman–Crippen LogP) is 1.48. The molecule has 1 heterocycles. The zero-order valence-corrected chi connectivity index (χ0v) is 11.5. The van der Waals surface area contributed by atoms with Crippen molar-refractivity contribution in [2.75, 3.05) is 13.7 Å². The highest BCUT2D eigenvalue weighted by atomic mass is 16.5. The van der Waals surface area contributed by atoms with Crippen LogP contribution in [0.5, 0.6) is 0 Å². The van der Waals surface area contributed by atoms with E-state index in [1.807, 2.05) is 31.2 Å². The minimum atomic E-state index is 0.0931. The van der Waals surface area contributed by atoms with E-state index in [4.69, 9.17) is 4.74 Å². The number of hydrogen-bond acceptors (Lipinski definition) is 5.